The molecule has 1 rings (SSSR count). The van der Waals surface area contributed by atoms with E-state index in [9.17, 15) is 9.59 Å². The first-order valence-electron chi connectivity index (χ1n) is 6.75. The number of benzene rings is 1. The van der Waals surface area contributed by atoms with Crippen LogP contribution in [0.1, 0.15) is 37.3 Å². The van der Waals surface area contributed by atoms with Crippen molar-refractivity contribution >= 4 is 11.8 Å². The van der Waals surface area contributed by atoms with Crippen LogP contribution in [0.2, 0.25) is 0 Å². The van der Waals surface area contributed by atoms with E-state index < -0.39 is 11.9 Å². The minimum absolute atomic E-state index is 0.0467. The molecule has 0 aromatic heterocycles. The van der Waals surface area contributed by atoms with Gasteiger partial charge in [0.15, 0.2) is 5.78 Å². The molecule has 0 aliphatic rings. The average Bonchev–Trinajstić information content (AvgIpc) is 2.41. The number of esters is 1. The van der Waals surface area contributed by atoms with Crippen molar-refractivity contribution in [1.82, 2.24) is 0 Å². The first-order valence-corrected chi connectivity index (χ1v) is 6.75. The molecular formula is C16H22O3. The Bertz CT molecular complexity index is 437. The fraction of sp³-hybridized carbons (Fsp3) is 0.500. The first-order chi connectivity index (χ1) is 9.10. The first kappa shape index (κ1) is 15.4. The Morgan fingerprint density at radius 1 is 1.26 bits per heavy atom. The molecule has 1 atom stereocenters. The maximum Gasteiger partial charge on any atom is 0.316 e. The third kappa shape index (κ3) is 4.51. The molecule has 0 heterocycles. The van der Waals surface area contributed by atoms with Gasteiger partial charge in [-0.2, -0.15) is 0 Å². The fourth-order valence-corrected chi connectivity index (χ4v) is 2.08. The molecule has 19 heavy (non-hydrogen) atoms. The van der Waals surface area contributed by atoms with Crippen LogP contribution in [0.4, 0.5) is 0 Å². The Labute approximate surface area is 115 Å². The van der Waals surface area contributed by atoms with E-state index in [2.05, 4.69) is 0 Å². The van der Waals surface area contributed by atoms with Crippen LogP contribution in [0, 0.1) is 12.8 Å². The van der Waals surface area contributed by atoms with Gasteiger partial charge in [-0.15, -0.1) is 0 Å². The lowest BCUT2D eigenvalue weighted by molar-refractivity contribution is -0.149. The van der Waals surface area contributed by atoms with Gasteiger partial charge in [0.2, 0.25) is 0 Å². The highest BCUT2D eigenvalue weighted by molar-refractivity contribution is 5.99. The lowest BCUT2D eigenvalue weighted by atomic mass is 9.92. The second-order valence-electron chi connectivity index (χ2n) is 4.79. The van der Waals surface area contributed by atoms with Crippen LogP contribution in [0.3, 0.4) is 0 Å². The molecule has 0 aliphatic carbocycles. The maximum atomic E-state index is 12.3. The summed E-state index contributed by atoms with van der Waals surface area (Å²) >= 11 is 0. The summed E-state index contributed by atoms with van der Waals surface area (Å²) in [5, 5.41) is 0. The van der Waals surface area contributed by atoms with Gasteiger partial charge in [-0.25, -0.2) is 0 Å². The normalized spacial score (nSPS) is 11.9. The third-order valence-electron chi connectivity index (χ3n) is 3.35. The topological polar surface area (TPSA) is 43.4 Å². The summed E-state index contributed by atoms with van der Waals surface area (Å²) < 4.78 is 4.74. The van der Waals surface area contributed by atoms with E-state index in [1.807, 2.05) is 38.1 Å². The number of Topliss-reactive ketones (excluding diaryl/α,β-unsaturated/α-hetero) is 1. The van der Waals surface area contributed by atoms with Crippen molar-refractivity contribution in [2.75, 3.05) is 7.11 Å². The van der Waals surface area contributed by atoms with E-state index in [-0.39, 0.29) is 5.78 Å². The number of carbonyl (C=O) groups is 2. The monoisotopic (exact) mass is 262 g/mol. The summed E-state index contributed by atoms with van der Waals surface area (Å²) in [7, 11) is 1.34. The number of carbonyl (C=O) groups excluding carboxylic acids is 2. The minimum Gasteiger partial charge on any atom is -0.468 e. The highest BCUT2D eigenvalue weighted by Crippen LogP contribution is 2.16. The number of ether oxygens (including phenoxy) is 1. The van der Waals surface area contributed by atoms with Crippen LogP contribution in [0.15, 0.2) is 24.3 Å². The summed E-state index contributed by atoms with van der Waals surface area (Å²) in [5.74, 6) is -1.08. The summed E-state index contributed by atoms with van der Waals surface area (Å²) in [4.78, 5) is 24.0. The molecule has 0 aliphatic heterocycles. The number of methoxy groups -OCH3 is 1. The highest BCUT2D eigenvalue weighted by atomic mass is 16.5. The van der Waals surface area contributed by atoms with E-state index in [1.165, 1.54) is 7.11 Å². The number of hydrogen-bond donors (Lipinski definition) is 0. The Morgan fingerprint density at radius 2 is 1.95 bits per heavy atom. The zero-order chi connectivity index (χ0) is 14.3. The zero-order valence-corrected chi connectivity index (χ0v) is 11.9. The lowest BCUT2D eigenvalue weighted by Gasteiger charge is -2.14. The molecule has 0 spiro atoms. The SMILES string of the molecule is CCCCC(C(=O)Cc1ccccc1C)C(=O)OC. The van der Waals surface area contributed by atoms with Gasteiger partial charge in [0.1, 0.15) is 5.92 Å². The predicted molar refractivity (Wildman–Crippen MR) is 74.9 cm³/mol. The van der Waals surface area contributed by atoms with Crippen LogP contribution in [-0.2, 0) is 20.7 Å². The van der Waals surface area contributed by atoms with E-state index in [0.29, 0.717) is 12.8 Å². The summed E-state index contributed by atoms with van der Waals surface area (Å²) in [6.07, 6.45) is 2.70. The molecule has 3 nitrogen and oxygen atoms in total. The molecule has 0 bridgehead atoms. The molecule has 0 saturated heterocycles. The van der Waals surface area contributed by atoms with E-state index >= 15 is 0 Å². The molecule has 0 fully saturated rings. The van der Waals surface area contributed by atoms with Crippen molar-refractivity contribution in [2.45, 2.75) is 39.5 Å². The largest absolute Gasteiger partial charge is 0.468 e. The van der Waals surface area contributed by atoms with Crippen LogP contribution in [0.25, 0.3) is 0 Å². The Hall–Kier alpha value is -1.64. The highest BCUT2D eigenvalue weighted by Gasteiger charge is 2.26. The average molecular weight is 262 g/mol. The lowest BCUT2D eigenvalue weighted by Crippen LogP contribution is -2.27. The molecule has 1 unspecified atom stereocenters. The smallest absolute Gasteiger partial charge is 0.316 e. The van der Waals surface area contributed by atoms with Crippen LogP contribution < -0.4 is 0 Å². The third-order valence-corrected chi connectivity index (χ3v) is 3.35. The van der Waals surface area contributed by atoms with Crippen molar-refractivity contribution in [1.29, 1.82) is 0 Å². The molecular weight excluding hydrogens is 240 g/mol. The van der Waals surface area contributed by atoms with Gasteiger partial charge >= 0.3 is 5.97 Å². The van der Waals surface area contributed by atoms with Gasteiger partial charge in [-0.3, -0.25) is 9.59 Å². The van der Waals surface area contributed by atoms with Crippen LogP contribution in [0.5, 0.6) is 0 Å². The number of rotatable bonds is 7. The van der Waals surface area contributed by atoms with Crippen molar-refractivity contribution in [3.05, 3.63) is 35.4 Å². The number of unbranched alkanes of at least 4 members (excludes halogenated alkanes) is 1. The fourth-order valence-electron chi connectivity index (χ4n) is 2.08. The van der Waals surface area contributed by atoms with Gasteiger partial charge < -0.3 is 4.74 Å². The summed E-state index contributed by atoms with van der Waals surface area (Å²) in [5.41, 5.74) is 2.06. The molecule has 104 valence electrons. The second kappa shape index (κ2) is 7.72. The Balaban J connectivity index is 2.77. The predicted octanol–water partition coefficient (Wildman–Crippen LogP) is 3.09. The molecule has 1 aromatic rings. The Kier molecular flexibility index (Phi) is 6.26. The minimum atomic E-state index is -0.621. The van der Waals surface area contributed by atoms with Crippen molar-refractivity contribution in [3.8, 4) is 0 Å². The molecule has 0 radical (unpaired) electrons. The van der Waals surface area contributed by atoms with E-state index in [4.69, 9.17) is 4.74 Å². The van der Waals surface area contributed by atoms with E-state index in [0.717, 1.165) is 24.0 Å². The molecule has 1 aromatic carbocycles. The van der Waals surface area contributed by atoms with Crippen LogP contribution >= 0.6 is 0 Å². The van der Waals surface area contributed by atoms with Crippen molar-refractivity contribution in [2.24, 2.45) is 5.92 Å². The molecule has 3 heteroatoms. The van der Waals surface area contributed by atoms with Crippen LogP contribution in [-0.4, -0.2) is 18.9 Å². The van der Waals surface area contributed by atoms with Crippen molar-refractivity contribution in [3.63, 3.8) is 0 Å². The number of hydrogen-bond acceptors (Lipinski definition) is 3. The van der Waals surface area contributed by atoms with Gasteiger partial charge in [-0.1, -0.05) is 44.0 Å². The standard InChI is InChI=1S/C16H22O3/c1-4-5-10-14(16(18)19-3)15(17)11-13-9-7-6-8-12(13)2/h6-9,14H,4-5,10-11H2,1-3H3. The summed E-state index contributed by atoms with van der Waals surface area (Å²) in [6.45, 7) is 4.02. The zero-order valence-electron chi connectivity index (χ0n) is 11.9. The van der Waals surface area contributed by atoms with E-state index in [1.54, 1.807) is 0 Å². The molecule has 0 N–H and O–H groups in total. The number of ketones is 1. The van der Waals surface area contributed by atoms with Crippen molar-refractivity contribution < 1.29 is 14.3 Å². The second-order valence-corrected chi connectivity index (χ2v) is 4.79. The molecule has 0 amide bonds. The summed E-state index contributed by atoms with van der Waals surface area (Å²) in [6, 6.07) is 7.76. The van der Waals surface area contributed by atoms with Gasteiger partial charge in [0, 0.05) is 6.42 Å². The quantitative estimate of drug-likeness (QED) is 0.560. The van der Waals surface area contributed by atoms with Gasteiger partial charge in [-0.05, 0) is 24.5 Å². The van der Waals surface area contributed by atoms with Gasteiger partial charge in [0.05, 0.1) is 7.11 Å². The molecule has 0 saturated carbocycles. The Morgan fingerprint density at radius 3 is 2.53 bits per heavy atom. The maximum absolute atomic E-state index is 12.3. The van der Waals surface area contributed by atoms with Gasteiger partial charge in [0.25, 0.3) is 0 Å². The number of aryl methyl sites for hydroxylation is 1.